The number of urea groups is 1. The highest BCUT2D eigenvalue weighted by atomic mass is 16.5. The number of methoxy groups -OCH3 is 2. The molecule has 0 radical (unpaired) electrons. The molecule has 4 aromatic carbocycles. The summed E-state index contributed by atoms with van der Waals surface area (Å²) in [6.07, 6.45) is 2.68. The predicted molar refractivity (Wildman–Crippen MR) is 169 cm³/mol. The number of rotatable bonds is 10. The summed E-state index contributed by atoms with van der Waals surface area (Å²) in [5.41, 5.74) is 5.19. The number of anilines is 1. The average Bonchev–Trinajstić information content (AvgIpc) is 3.06. The monoisotopic (exact) mass is 591 g/mol. The van der Waals surface area contributed by atoms with Crippen LogP contribution in [0.25, 0.3) is 0 Å². The van der Waals surface area contributed by atoms with Crippen LogP contribution in [0.15, 0.2) is 103 Å². The number of esters is 1. The molecular weight excluding hydrogens is 554 g/mol. The van der Waals surface area contributed by atoms with E-state index in [0.29, 0.717) is 23.5 Å². The van der Waals surface area contributed by atoms with E-state index < -0.39 is 12.0 Å². The number of amides is 3. The highest BCUT2D eigenvalue weighted by molar-refractivity contribution is 5.95. The van der Waals surface area contributed by atoms with Gasteiger partial charge in [-0.05, 0) is 66.1 Å². The van der Waals surface area contributed by atoms with Gasteiger partial charge < -0.3 is 25.0 Å². The molecule has 3 amide bonds. The first-order valence-corrected chi connectivity index (χ1v) is 14.7. The second kappa shape index (κ2) is 14.4. The van der Waals surface area contributed by atoms with E-state index in [9.17, 15) is 14.4 Å². The van der Waals surface area contributed by atoms with Crippen LogP contribution in [-0.2, 0) is 28.9 Å². The summed E-state index contributed by atoms with van der Waals surface area (Å²) in [5, 5.41) is 5.44. The number of nitrogens with one attached hydrogen (secondary N) is 2. The standard InChI is InChI=1S/C36H37N3O5/c1-43-32-18-9-7-14-29(32)24-39(33(40)23-37-36(42)38-30-16-10-15-28(22-30)35(41)44-2)34-27(21-25-11-4-3-5-12-25)20-19-26-13-6-8-17-31(26)34/h3-18,22,27,34H,19-21,23-24H2,1-2H3,(H2,37,38,42). The van der Waals surface area contributed by atoms with Crippen molar-refractivity contribution in [2.45, 2.75) is 31.8 Å². The van der Waals surface area contributed by atoms with E-state index in [1.165, 1.54) is 24.3 Å². The molecule has 0 bridgehead atoms. The molecule has 0 aliphatic heterocycles. The molecule has 0 heterocycles. The molecule has 2 atom stereocenters. The minimum atomic E-state index is -0.553. The summed E-state index contributed by atoms with van der Waals surface area (Å²) >= 11 is 0. The van der Waals surface area contributed by atoms with Crippen LogP contribution in [0.4, 0.5) is 10.5 Å². The molecule has 0 spiro atoms. The summed E-state index contributed by atoms with van der Waals surface area (Å²) in [7, 11) is 2.92. The lowest BCUT2D eigenvalue weighted by molar-refractivity contribution is -0.135. The van der Waals surface area contributed by atoms with Gasteiger partial charge >= 0.3 is 12.0 Å². The maximum atomic E-state index is 14.2. The van der Waals surface area contributed by atoms with Crippen molar-refractivity contribution in [3.63, 3.8) is 0 Å². The Bertz CT molecular complexity index is 1610. The average molecular weight is 592 g/mol. The molecule has 226 valence electrons. The topological polar surface area (TPSA) is 97.0 Å². The second-order valence-corrected chi connectivity index (χ2v) is 10.8. The zero-order valence-electron chi connectivity index (χ0n) is 25.0. The number of fused-ring (bicyclic) bond motifs is 1. The van der Waals surface area contributed by atoms with Gasteiger partial charge in [-0.3, -0.25) is 4.79 Å². The second-order valence-electron chi connectivity index (χ2n) is 10.8. The summed E-state index contributed by atoms with van der Waals surface area (Å²) in [5.74, 6) is 0.147. The van der Waals surface area contributed by atoms with Crippen molar-refractivity contribution in [2.24, 2.45) is 5.92 Å². The Morgan fingerprint density at radius 3 is 2.41 bits per heavy atom. The number of hydrogen-bond donors (Lipinski definition) is 2. The molecule has 0 saturated carbocycles. The number of carbonyl (C=O) groups is 3. The van der Waals surface area contributed by atoms with Crippen LogP contribution in [0, 0.1) is 5.92 Å². The molecule has 2 N–H and O–H groups in total. The molecule has 4 aromatic rings. The highest BCUT2D eigenvalue weighted by Gasteiger charge is 2.36. The molecule has 0 saturated heterocycles. The first-order chi connectivity index (χ1) is 21.5. The van der Waals surface area contributed by atoms with Crippen molar-refractivity contribution in [3.05, 3.63) is 131 Å². The fourth-order valence-corrected chi connectivity index (χ4v) is 5.99. The number of carbonyl (C=O) groups excluding carboxylic acids is 3. The summed E-state index contributed by atoms with van der Waals surface area (Å²) in [6.45, 7) is 0.103. The molecule has 2 unspecified atom stereocenters. The van der Waals surface area contributed by atoms with Gasteiger partial charge in [0.25, 0.3) is 0 Å². The van der Waals surface area contributed by atoms with Crippen molar-refractivity contribution < 1.29 is 23.9 Å². The minimum absolute atomic E-state index is 0.167. The van der Waals surface area contributed by atoms with Gasteiger partial charge in [0.05, 0.1) is 32.4 Å². The van der Waals surface area contributed by atoms with Crippen molar-refractivity contribution >= 4 is 23.6 Å². The van der Waals surface area contributed by atoms with Crippen molar-refractivity contribution in [3.8, 4) is 5.75 Å². The number of nitrogens with zero attached hydrogens (tertiary/aromatic N) is 1. The Morgan fingerprint density at radius 2 is 1.61 bits per heavy atom. The quantitative estimate of drug-likeness (QED) is 0.215. The van der Waals surface area contributed by atoms with Gasteiger partial charge in [-0.15, -0.1) is 0 Å². The minimum Gasteiger partial charge on any atom is -0.496 e. The van der Waals surface area contributed by atoms with E-state index in [2.05, 4.69) is 34.9 Å². The Labute approximate surface area is 258 Å². The van der Waals surface area contributed by atoms with E-state index >= 15 is 0 Å². The zero-order valence-corrected chi connectivity index (χ0v) is 25.0. The number of benzene rings is 4. The van der Waals surface area contributed by atoms with Gasteiger partial charge in [0.15, 0.2) is 0 Å². The fraction of sp³-hybridized carbons (Fsp3) is 0.250. The van der Waals surface area contributed by atoms with Crippen LogP contribution in [0.5, 0.6) is 5.75 Å². The fourth-order valence-electron chi connectivity index (χ4n) is 5.99. The third-order valence-corrected chi connectivity index (χ3v) is 8.08. The Balaban J connectivity index is 1.42. The molecule has 5 rings (SSSR count). The summed E-state index contributed by atoms with van der Waals surface area (Å²) in [6, 6.07) is 32.1. The van der Waals surface area contributed by atoms with E-state index in [0.717, 1.165) is 30.4 Å². The van der Waals surface area contributed by atoms with Gasteiger partial charge in [-0.1, -0.05) is 78.9 Å². The highest BCUT2D eigenvalue weighted by Crippen LogP contribution is 2.41. The normalized spacial score (nSPS) is 15.4. The molecule has 8 nitrogen and oxygen atoms in total. The van der Waals surface area contributed by atoms with Crippen LogP contribution in [0.1, 0.15) is 45.1 Å². The predicted octanol–water partition coefficient (Wildman–Crippen LogP) is 6.18. The summed E-state index contributed by atoms with van der Waals surface area (Å²) in [4.78, 5) is 40.9. The van der Waals surface area contributed by atoms with Crippen LogP contribution in [0.3, 0.4) is 0 Å². The van der Waals surface area contributed by atoms with Crippen LogP contribution >= 0.6 is 0 Å². The number of ether oxygens (including phenoxy) is 2. The molecule has 0 fully saturated rings. The first kappa shape index (κ1) is 30.4. The van der Waals surface area contributed by atoms with E-state index in [4.69, 9.17) is 9.47 Å². The molecule has 0 aromatic heterocycles. The van der Waals surface area contributed by atoms with Crippen molar-refractivity contribution in [1.29, 1.82) is 0 Å². The van der Waals surface area contributed by atoms with Crippen molar-refractivity contribution in [1.82, 2.24) is 10.2 Å². The van der Waals surface area contributed by atoms with E-state index in [1.54, 1.807) is 25.3 Å². The SMILES string of the molecule is COC(=O)c1cccc(NC(=O)NCC(=O)N(Cc2ccccc2OC)C2c3ccccc3CCC2Cc2ccccc2)c1. The largest absolute Gasteiger partial charge is 0.496 e. The lowest BCUT2D eigenvalue weighted by atomic mass is 9.76. The number of aryl methyl sites for hydroxylation is 1. The number of para-hydroxylation sites is 1. The van der Waals surface area contributed by atoms with Gasteiger partial charge in [-0.2, -0.15) is 0 Å². The van der Waals surface area contributed by atoms with Gasteiger partial charge in [-0.25, -0.2) is 9.59 Å². The molecule has 8 heteroatoms. The Kier molecular flexibility index (Phi) is 9.92. The van der Waals surface area contributed by atoms with E-state index in [-0.39, 0.29) is 24.4 Å². The van der Waals surface area contributed by atoms with Crippen LogP contribution < -0.4 is 15.4 Å². The van der Waals surface area contributed by atoms with Gasteiger partial charge in [0.1, 0.15) is 5.75 Å². The van der Waals surface area contributed by atoms with Crippen molar-refractivity contribution in [2.75, 3.05) is 26.1 Å². The maximum absolute atomic E-state index is 14.2. The number of hydrogen-bond acceptors (Lipinski definition) is 5. The Morgan fingerprint density at radius 1 is 0.864 bits per heavy atom. The van der Waals surface area contributed by atoms with Crippen LogP contribution in [-0.4, -0.2) is 43.6 Å². The third kappa shape index (κ3) is 7.26. The zero-order chi connectivity index (χ0) is 30.9. The Hall–Kier alpha value is -5.11. The molecule has 1 aliphatic rings. The first-order valence-electron chi connectivity index (χ1n) is 14.7. The third-order valence-electron chi connectivity index (χ3n) is 8.08. The lowest BCUT2D eigenvalue weighted by Gasteiger charge is -2.42. The van der Waals surface area contributed by atoms with Gasteiger partial charge in [0.2, 0.25) is 5.91 Å². The molecular formula is C36H37N3O5. The van der Waals surface area contributed by atoms with Gasteiger partial charge in [0, 0.05) is 17.8 Å². The van der Waals surface area contributed by atoms with Crippen LogP contribution in [0.2, 0.25) is 0 Å². The maximum Gasteiger partial charge on any atom is 0.337 e. The smallest absolute Gasteiger partial charge is 0.337 e. The molecule has 44 heavy (non-hydrogen) atoms. The van der Waals surface area contributed by atoms with E-state index in [1.807, 2.05) is 59.5 Å². The molecule has 1 aliphatic carbocycles. The lowest BCUT2D eigenvalue weighted by Crippen LogP contribution is -2.46. The summed E-state index contributed by atoms with van der Waals surface area (Å²) < 4.78 is 10.4.